The minimum atomic E-state index is 0.522. The number of rotatable bonds is 2. The first-order chi connectivity index (χ1) is 7.24. The molecule has 1 aromatic carbocycles. The van der Waals surface area contributed by atoms with Crippen molar-refractivity contribution in [2.24, 2.45) is 0 Å². The van der Waals surface area contributed by atoms with Crippen molar-refractivity contribution >= 4 is 18.5 Å². The Morgan fingerprint density at radius 1 is 1.33 bits per heavy atom. The topological polar surface area (TPSA) is 37.8 Å². The summed E-state index contributed by atoms with van der Waals surface area (Å²) >= 11 is 5.19. The highest BCUT2D eigenvalue weighted by atomic mass is 32.1. The second-order valence-corrected chi connectivity index (χ2v) is 3.63. The molecule has 0 atom stereocenters. The molecule has 4 heteroatoms. The van der Waals surface area contributed by atoms with E-state index in [9.17, 15) is 4.79 Å². The molecule has 0 spiro atoms. The van der Waals surface area contributed by atoms with Gasteiger partial charge in [0.25, 0.3) is 0 Å². The minimum absolute atomic E-state index is 0.522. The molecule has 76 valence electrons. The van der Waals surface area contributed by atoms with Crippen molar-refractivity contribution in [3.05, 3.63) is 46.2 Å². The highest BCUT2D eigenvalue weighted by molar-refractivity contribution is 7.71. The van der Waals surface area contributed by atoms with Gasteiger partial charge in [-0.1, -0.05) is 30.4 Å². The van der Waals surface area contributed by atoms with Crippen molar-refractivity contribution in [2.75, 3.05) is 0 Å². The highest BCUT2D eigenvalue weighted by Gasteiger charge is 2.07. The third-order valence-electron chi connectivity index (χ3n) is 2.25. The van der Waals surface area contributed by atoms with Crippen LogP contribution in [0.15, 0.2) is 30.3 Å². The molecule has 3 nitrogen and oxygen atoms in total. The van der Waals surface area contributed by atoms with E-state index in [1.165, 1.54) is 0 Å². The number of nitrogens with one attached hydrogen (secondary N) is 1. The van der Waals surface area contributed by atoms with Gasteiger partial charge in [0.2, 0.25) is 0 Å². The number of aldehydes is 1. The summed E-state index contributed by atoms with van der Waals surface area (Å²) in [6, 6.07) is 9.64. The Labute approximate surface area is 92.3 Å². The number of benzene rings is 1. The summed E-state index contributed by atoms with van der Waals surface area (Å²) in [7, 11) is 0. The molecule has 1 aromatic heterocycles. The quantitative estimate of drug-likeness (QED) is 0.621. The number of aryl methyl sites for hydroxylation is 1. The Kier molecular flexibility index (Phi) is 2.51. The van der Waals surface area contributed by atoms with Crippen LogP contribution in [0.3, 0.4) is 0 Å². The molecule has 2 rings (SSSR count). The maximum atomic E-state index is 10.8. The van der Waals surface area contributed by atoms with Gasteiger partial charge in [-0.2, -0.15) is 0 Å². The summed E-state index contributed by atoms with van der Waals surface area (Å²) in [5.74, 6) is 0. The van der Waals surface area contributed by atoms with E-state index in [1.807, 2.05) is 37.3 Å². The molecule has 0 saturated carbocycles. The molecule has 0 amide bonds. The first-order valence-corrected chi connectivity index (χ1v) is 4.97. The summed E-state index contributed by atoms with van der Waals surface area (Å²) in [5, 5.41) is 3.06. The van der Waals surface area contributed by atoms with Gasteiger partial charge in [-0.05, 0) is 19.1 Å². The van der Waals surface area contributed by atoms with Crippen molar-refractivity contribution < 1.29 is 4.79 Å². The normalized spacial score (nSPS) is 10.2. The van der Waals surface area contributed by atoms with E-state index in [4.69, 9.17) is 12.2 Å². The molecule has 0 aliphatic carbocycles. The number of aromatic amines is 1. The molecule has 15 heavy (non-hydrogen) atoms. The maximum Gasteiger partial charge on any atom is 0.154 e. The smallest absolute Gasteiger partial charge is 0.154 e. The lowest BCUT2D eigenvalue weighted by Gasteiger charge is -2.00. The van der Waals surface area contributed by atoms with Crippen LogP contribution in [0, 0.1) is 11.6 Å². The summed E-state index contributed by atoms with van der Waals surface area (Å²) in [5.41, 5.74) is 2.27. The predicted molar refractivity (Wildman–Crippen MR) is 61.1 cm³/mol. The first-order valence-electron chi connectivity index (χ1n) is 4.56. The first kappa shape index (κ1) is 9.86. The Morgan fingerprint density at radius 2 is 2.00 bits per heavy atom. The van der Waals surface area contributed by atoms with Crippen LogP contribution >= 0.6 is 12.2 Å². The number of hydrogen-bond acceptors (Lipinski definition) is 2. The fraction of sp³-hybridized carbons (Fsp3) is 0.0909. The van der Waals surface area contributed by atoms with Crippen LogP contribution in [0.2, 0.25) is 0 Å². The monoisotopic (exact) mass is 218 g/mol. The average molecular weight is 218 g/mol. The number of H-pyrrole nitrogens is 1. The molecular formula is C11H10N2OS. The third kappa shape index (κ3) is 1.64. The van der Waals surface area contributed by atoms with E-state index < -0.39 is 0 Å². The largest absolute Gasteiger partial charge is 0.298 e. The number of carbonyl (C=O) groups is 1. The molecule has 0 saturated heterocycles. The van der Waals surface area contributed by atoms with E-state index >= 15 is 0 Å². The zero-order valence-electron chi connectivity index (χ0n) is 8.23. The van der Waals surface area contributed by atoms with Gasteiger partial charge in [0, 0.05) is 5.69 Å². The molecule has 0 radical (unpaired) electrons. The zero-order valence-corrected chi connectivity index (χ0v) is 9.04. The van der Waals surface area contributed by atoms with Crippen LogP contribution in [-0.2, 0) is 0 Å². The van der Waals surface area contributed by atoms with Gasteiger partial charge >= 0.3 is 0 Å². The lowest BCUT2D eigenvalue weighted by atomic mass is 10.3. The zero-order chi connectivity index (χ0) is 10.8. The lowest BCUT2D eigenvalue weighted by Crippen LogP contribution is -1.95. The molecule has 0 aliphatic heterocycles. The van der Waals surface area contributed by atoms with E-state index in [2.05, 4.69) is 5.10 Å². The molecule has 2 aromatic rings. The molecule has 0 aliphatic rings. The number of nitrogens with zero attached hydrogens (tertiary/aromatic N) is 1. The van der Waals surface area contributed by atoms with Crippen molar-refractivity contribution in [1.82, 2.24) is 9.78 Å². The Hall–Kier alpha value is -1.68. The van der Waals surface area contributed by atoms with Crippen LogP contribution in [0.1, 0.15) is 16.1 Å². The minimum Gasteiger partial charge on any atom is -0.298 e. The fourth-order valence-corrected chi connectivity index (χ4v) is 1.81. The van der Waals surface area contributed by atoms with Gasteiger partial charge in [0.15, 0.2) is 6.29 Å². The number of carbonyl (C=O) groups excluding carboxylic acids is 1. The van der Waals surface area contributed by atoms with Crippen LogP contribution < -0.4 is 0 Å². The molecule has 1 N–H and O–H groups in total. The SMILES string of the molecule is Cc1[nH]n(-c2ccccc2)c(=S)c1C=O. The van der Waals surface area contributed by atoms with Crippen molar-refractivity contribution in [1.29, 1.82) is 0 Å². The molecule has 1 heterocycles. The molecular weight excluding hydrogens is 208 g/mol. The van der Waals surface area contributed by atoms with Crippen molar-refractivity contribution in [2.45, 2.75) is 6.92 Å². The van der Waals surface area contributed by atoms with Gasteiger partial charge in [-0.3, -0.25) is 9.89 Å². The second-order valence-electron chi connectivity index (χ2n) is 3.24. The highest BCUT2D eigenvalue weighted by Crippen LogP contribution is 2.12. The Bertz CT molecular complexity index is 539. The maximum absolute atomic E-state index is 10.8. The summed E-state index contributed by atoms with van der Waals surface area (Å²) in [4.78, 5) is 10.8. The van der Waals surface area contributed by atoms with Crippen molar-refractivity contribution in [3.8, 4) is 5.69 Å². The van der Waals surface area contributed by atoms with Gasteiger partial charge in [-0.25, -0.2) is 4.68 Å². The average Bonchev–Trinajstić information content (AvgIpc) is 2.55. The van der Waals surface area contributed by atoms with E-state index in [0.29, 0.717) is 10.2 Å². The molecule has 0 fully saturated rings. The van der Waals surface area contributed by atoms with Crippen LogP contribution in [0.25, 0.3) is 5.69 Å². The third-order valence-corrected chi connectivity index (χ3v) is 2.65. The number of hydrogen-bond donors (Lipinski definition) is 1. The van der Waals surface area contributed by atoms with Crippen LogP contribution in [0.4, 0.5) is 0 Å². The fourth-order valence-electron chi connectivity index (χ4n) is 1.46. The second kappa shape index (κ2) is 3.82. The van der Waals surface area contributed by atoms with Crippen molar-refractivity contribution in [3.63, 3.8) is 0 Å². The van der Waals surface area contributed by atoms with Gasteiger partial charge in [-0.15, -0.1) is 0 Å². The number of aromatic nitrogens is 2. The van der Waals surface area contributed by atoms with Gasteiger partial charge < -0.3 is 0 Å². The standard InChI is InChI=1S/C11H10N2OS/c1-8-10(7-14)11(15)13(12-8)9-5-3-2-4-6-9/h2-7,12H,1H3. The van der Waals surface area contributed by atoms with Gasteiger partial charge in [0.1, 0.15) is 4.64 Å². The Morgan fingerprint density at radius 3 is 2.53 bits per heavy atom. The lowest BCUT2D eigenvalue weighted by molar-refractivity contribution is 0.112. The molecule has 0 bridgehead atoms. The predicted octanol–water partition coefficient (Wildman–Crippen LogP) is 2.66. The summed E-state index contributed by atoms with van der Waals surface area (Å²) in [6.07, 6.45) is 0.785. The van der Waals surface area contributed by atoms with E-state index in [-0.39, 0.29) is 0 Å². The summed E-state index contributed by atoms with van der Waals surface area (Å²) < 4.78 is 2.25. The Balaban J connectivity index is 2.66. The molecule has 0 unspecified atom stereocenters. The summed E-state index contributed by atoms with van der Waals surface area (Å²) in [6.45, 7) is 1.83. The van der Waals surface area contributed by atoms with Gasteiger partial charge in [0.05, 0.1) is 11.3 Å². The van der Waals surface area contributed by atoms with E-state index in [1.54, 1.807) is 4.68 Å². The van der Waals surface area contributed by atoms with E-state index in [0.717, 1.165) is 17.7 Å². The van der Waals surface area contributed by atoms with Crippen LogP contribution in [-0.4, -0.2) is 16.1 Å². The van der Waals surface area contributed by atoms with Crippen LogP contribution in [0.5, 0.6) is 0 Å². The number of para-hydroxylation sites is 1.